The molecule has 1 aromatic rings. The Labute approximate surface area is 124 Å². The second-order valence-electron chi connectivity index (χ2n) is 6.30. The number of rotatable bonds is 6. The summed E-state index contributed by atoms with van der Waals surface area (Å²) in [5.41, 5.74) is -0.440. The lowest BCUT2D eigenvalue weighted by molar-refractivity contribution is -0.137. The highest BCUT2D eigenvalue weighted by Gasteiger charge is 2.40. The molecular formula is C15H24N2O4. The molecule has 0 saturated heterocycles. The van der Waals surface area contributed by atoms with Gasteiger partial charge >= 0.3 is 5.97 Å². The topological polar surface area (TPSA) is 85.5 Å². The van der Waals surface area contributed by atoms with Crippen LogP contribution < -0.4 is 0 Å². The molecule has 1 heterocycles. The molecule has 1 atom stereocenters. The minimum absolute atomic E-state index is 0.0272. The number of carboxylic acids is 1. The third kappa shape index (κ3) is 3.81. The largest absolute Gasteiger partial charge is 0.481 e. The van der Waals surface area contributed by atoms with Crippen LogP contribution in [0.3, 0.4) is 0 Å². The first-order valence-corrected chi connectivity index (χ1v) is 7.55. The molecule has 0 bridgehead atoms. The zero-order valence-electron chi connectivity index (χ0n) is 13.0. The minimum atomic E-state index is -0.808. The first-order chi connectivity index (χ1) is 9.95. The molecule has 2 rings (SSSR count). The summed E-state index contributed by atoms with van der Waals surface area (Å²) in [6.07, 6.45) is 4.56. The number of carbonyl (C=O) groups is 1. The second-order valence-corrected chi connectivity index (χ2v) is 6.30. The van der Waals surface area contributed by atoms with Gasteiger partial charge in [-0.15, -0.1) is 0 Å². The molecule has 1 aromatic heterocycles. The van der Waals surface area contributed by atoms with Gasteiger partial charge in [-0.3, -0.25) is 4.79 Å². The summed E-state index contributed by atoms with van der Waals surface area (Å²) in [6.45, 7) is 4.11. The van der Waals surface area contributed by atoms with E-state index in [1.165, 1.54) is 0 Å². The van der Waals surface area contributed by atoms with E-state index < -0.39 is 11.6 Å². The zero-order valence-corrected chi connectivity index (χ0v) is 13.0. The van der Waals surface area contributed by atoms with Gasteiger partial charge in [0, 0.05) is 20.0 Å². The second kappa shape index (κ2) is 6.56. The molecule has 6 heteroatoms. The number of ether oxygens (including phenoxy) is 1. The molecule has 0 radical (unpaired) electrons. The number of hydrogen-bond donors (Lipinski definition) is 1. The highest BCUT2D eigenvalue weighted by Crippen LogP contribution is 2.40. The molecule has 1 saturated carbocycles. The lowest BCUT2D eigenvalue weighted by Crippen LogP contribution is -2.34. The van der Waals surface area contributed by atoms with Gasteiger partial charge in [0.2, 0.25) is 11.7 Å². The quantitative estimate of drug-likeness (QED) is 0.868. The van der Waals surface area contributed by atoms with Crippen LogP contribution in [0.15, 0.2) is 4.52 Å². The summed E-state index contributed by atoms with van der Waals surface area (Å²) in [7, 11) is 1.69. The van der Waals surface area contributed by atoms with Gasteiger partial charge in [0.05, 0.1) is 0 Å². The third-order valence-corrected chi connectivity index (χ3v) is 4.39. The van der Waals surface area contributed by atoms with Crippen molar-refractivity contribution in [2.75, 3.05) is 7.11 Å². The molecule has 0 spiro atoms. The summed E-state index contributed by atoms with van der Waals surface area (Å²) in [4.78, 5) is 15.1. The van der Waals surface area contributed by atoms with E-state index in [1.54, 1.807) is 7.11 Å². The van der Waals surface area contributed by atoms with E-state index in [-0.39, 0.29) is 12.3 Å². The van der Waals surface area contributed by atoms with Crippen molar-refractivity contribution in [3.8, 4) is 0 Å². The molecule has 0 amide bonds. The van der Waals surface area contributed by atoms with Crippen molar-refractivity contribution < 1.29 is 19.2 Å². The smallest absolute Gasteiger partial charge is 0.303 e. The van der Waals surface area contributed by atoms with Gasteiger partial charge in [-0.2, -0.15) is 4.98 Å². The van der Waals surface area contributed by atoms with Crippen LogP contribution in [-0.2, 0) is 21.6 Å². The van der Waals surface area contributed by atoms with Crippen molar-refractivity contribution in [2.24, 2.45) is 11.8 Å². The van der Waals surface area contributed by atoms with Gasteiger partial charge in [-0.1, -0.05) is 19.0 Å². The lowest BCUT2D eigenvalue weighted by Gasteiger charge is -2.35. The molecule has 1 N–H and O–H groups in total. The molecule has 0 aliphatic heterocycles. The molecule has 1 fully saturated rings. The van der Waals surface area contributed by atoms with Crippen LogP contribution in [0.4, 0.5) is 0 Å². The van der Waals surface area contributed by atoms with Gasteiger partial charge in [0.25, 0.3) is 0 Å². The Morgan fingerprint density at radius 1 is 1.52 bits per heavy atom. The normalized spacial score (nSPS) is 27.5. The third-order valence-electron chi connectivity index (χ3n) is 4.39. The van der Waals surface area contributed by atoms with Gasteiger partial charge in [-0.05, 0) is 37.5 Å². The fourth-order valence-corrected chi connectivity index (χ4v) is 2.94. The summed E-state index contributed by atoms with van der Waals surface area (Å²) in [5.74, 6) is 0.969. The summed E-state index contributed by atoms with van der Waals surface area (Å²) in [6, 6.07) is 0. The predicted molar refractivity (Wildman–Crippen MR) is 75.7 cm³/mol. The Hall–Kier alpha value is -1.43. The predicted octanol–water partition coefficient (Wildman–Crippen LogP) is 2.77. The fourth-order valence-electron chi connectivity index (χ4n) is 2.94. The van der Waals surface area contributed by atoms with Crippen LogP contribution in [0.1, 0.15) is 57.7 Å². The zero-order chi connectivity index (χ0) is 15.5. The lowest BCUT2D eigenvalue weighted by atomic mass is 9.79. The van der Waals surface area contributed by atoms with Crippen LogP contribution >= 0.6 is 0 Å². The average molecular weight is 296 g/mol. The van der Waals surface area contributed by atoms with E-state index in [1.807, 2.05) is 6.92 Å². The molecule has 1 aliphatic carbocycles. The van der Waals surface area contributed by atoms with Crippen LogP contribution in [-0.4, -0.2) is 28.3 Å². The van der Waals surface area contributed by atoms with Crippen molar-refractivity contribution in [1.29, 1.82) is 0 Å². The molecule has 21 heavy (non-hydrogen) atoms. The van der Waals surface area contributed by atoms with Crippen molar-refractivity contribution in [3.63, 3.8) is 0 Å². The highest BCUT2D eigenvalue weighted by molar-refractivity contribution is 5.66. The van der Waals surface area contributed by atoms with Gasteiger partial charge in [-0.25, -0.2) is 0 Å². The van der Waals surface area contributed by atoms with E-state index in [2.05, 4.69) is 17.1 Å². The summed E-state index contributed by atoms with van der Waals surface area (Å²) < 4.78 is 11.0. The van der Waals surface area contributed by atoms with Crippen LogP contribution in [0.2, 0.25) is 0 Å². The monoisotopic (exact) mass is 296 g/mol. The Morgan fingerprint density at radius 3 is 2.76 bits per heavy atom. The maximum atomic E-state index is 10.7. The van der Waals surface area contributed by atoms with Gasteiger partial charge in [0.1, 0.15) is 5.60 Å². The SMILES string of the molecule is COC1(c2noc(CC(C)CC(=O)O)n2)CCC(C)CC1. The molecule has 6 nitrogen and oxygen atoms in total. The van der Waals surface area contributed by atoms with Crippen molar-refractivity contribution in [1.82, 2.24) is 10.1 Å². The fraction of sp³-hybridized carbons (Fsp3) is 0.800. The standard InChI is InChI=1S/C15H24N2O4/c1-10-4-6-15(20-3,7-5-10)14-16-12(21-17-14)8-11(2)9-13(18)19/h10-11H,4-9H2,1-3H3,(H,18,19). The van der Waals surface area contributed by atoms with Crippen LogP contribution in [0, 0.1) is 11.8 Å². The average Bonchev–Trinajstić information content (AvgIpc) is 2.88. The van der Waals surface area contributed by atoms with E-state index >= 15 is 0 Å². The number of aromatic nitrogens is 2. The molecule has 1 unspecified atom stereocenters. The summed E-state index contributed by atoms with van der Waals surface area (Å²) in [5, 5.41) is 12.9. The van der Waals surface area contributed by atoms with Crippen molar-refractivity contribution in [2.45, 2.75) is 58.0 Å². The molecular weight excluding hydrogens is 272 g/mol. The van der Waals surface area contributed by atoms with Crippen molar-refractivity contribution >= 4 is 5.97 Å². The first-order valence-electron chi connectivity index (χ1n) is 7.55. The van der Waals surface area contributed by atoms with E-state index in [0.717, 1.165) is 25.7 Å². The van der Waals surface area contributed by atoms with Crippen LogP contribution in [0.5, 0.6) is 0 Å². The number of nitrogens with zero attached hydrogens (tertiary/aromatic N) is 2. The first kappa shape index (κ1) is 15.9. The Kier molecular flexibility index (Phi) is 4.98. The number of aliphatic carboxylic acids is 1. The number of hydrogen-bond acceptors (Lipinski definition) is 5. The van der Waals surface area contributed by atoms with Gasteiger partial charge < -0.3 is 14.4 Å². The van der Waals surface area contributed by atoms with Gasteiger partial charge in [0.15, 0.2) is 0 Å². The maximum absolute atomic E-state index is 10.7. The van der Waals surface area contributed by atoms with Crippen molar-refractivity contribution in [3.05, 3.63) is 11.7 Å². The van der Waals surface area contributed by atoms with E-state index in [9.17, 15) is 4.79 Å². The Bertz CT molecular complexity index is 478. The van der Waals surface area contributed by atoms with E-state index in [4.69, 9.17) is 14.4 Å². The highest BCUT2D eigenvalue weighted by atomic mass is 16.5. The minimum Gasteiger partial charge on any atom is -0.481 e. The van der Waals surface area contributed by atoms with Crippen LogP contribution in [0.25, 0.3) is 0 Å². The van der Waals surface area contributed by atoms with E-state index in [0.29, 0.717) is 24.1 Å². The molecule has 1 aliphatic rings. The molecule has 118 valence electrons. The number of methoxy groups -OCH3 is 1. The molecule has 0 aromatic carbocycles. The Balaban J connectivity index is 2.05. The Morgan fingerprint density at radius 2 is 2.19 bits per heavy atom. The maximum Gasteiger partial charge on any atom is 0.303 e. The summed E-state index contributed by atoms with van der Waals surface area (Å²) >= 11 is 0. The number of carboxylic acid groups (broad SMARTS) is 1.